The van der Waals surface area contributed by atoms with Gasteiger partial charge in [0.05, 0.1) is 6.61 Å². The van der Waals surface area contributed by atoms with E-state index >= 15 is 0 Å². The van der Waals surface area contributed by atoms with E-state index < -0.39 is 6.04 Å². The number of carbonyl (C=O) groups excluding carboxylic acids is 1. The van der Waals surface area contributed by atoms with Crippen LogP contribution in [0.5, 0.6) is 0 Å². The minimum atomic E-state index is -0.470. The maximum atomic E-state index is 12.2. The molecule has 1 aromatic rings. The number of aliphatic hydroxyl groups excluding tert-OH is 1. The number of rotatable bonds is 3. The van der Waals surface area contributed by atoms with Gasteiger partial charge in [0.15, 0.2) is 0 Å². The molecule has 1 fully saturated rings. The normalized spacial score (nSPS) is 23.7. The minimum absolute atomic E-state index is 0.0177. The molecule has 2 rings (SSSR count). The van der Waals surface area contributed by atoms with Crippen LogP contribution < -0.4 is 0 Å². The zero-order valence-corrected chi connectivity index (χ0v) is 11.7. The SMILES string of the molecule is CN1CC(C)(C)N(Cc2ccncc2)C(CO)C1=O. The van der Waals surface area contributed by atoms with Gasteiger partial charge in [-0.3, -0.25) is 14.7 Å². The van der Waals surface area contributed by atoms with Crippen molar-refractivity contribution in [3.05, 3.63) is 30.1 Å². The number of aliphatic hydroxyl groups is 1. The average molecular weight is 263 g/mol. The summed E-state index contributed by atoms with van der Waals surface area (Å²) in [5.74, 6) is -0.0177. The van der Waals surface area contributed by atoms with Crippen molar-refractivity contribution >= 4 is 5.91 Å². The van der Waals surface area contributed by atoms with Gasteiger partial charge in [-0.1, -0.05) is 0 Å². The summed E-state index contributed by atoms with van der Waals surface area (Å²) in [4.78, 5) is 19.9. The average Bonchev–Trinajstić information content (AvgIpc) is 2.37. The molecule has 2 heterocycles. The number of carbonyl (C=O) groups is 1. The van der Waals surface area contributed by atoms with Crippen LogP contribution in [-0.2, 0) is 11.3 Å². The summed E-state index contributed by atoms with van der Waals surface area (Å²) in [6.07, 6.45) is 3.49. The molecule has 1 N–H and O–H groups in total. The van der Waals surface area contributed by atoms with Crippen molar-refractivity contribution in [3.8, 4) is 0 Å². The van der Waals surface area contributed by atoms with Crippen LogP contribution >= 0.6 is 0 Å². The second-order valence-electron chi connectivity index (χ2n) is 5.69. The molecule has 5 heteroatoms. The predicted octanol–water partition coefficient (Wildman–Crippen LogP) is 0.495. The molecule has 0 spiro atoms. The van der Waals surface area contributed by atoms with Gasteiger partial charge in [0.25, 0.3) is 0 Å². The highest BCUT2D eigenvalue weighted by atomic mass is 16.3. The van der Waals surface area contributed by atoms with Crippen molar-refractivity contribution in [2.75, 3.05) is 20.2 Å². The first kappa shape index (κ1) is 14.0. The van der Waals surface area contributed by atoms with Gasteiger partial charge in [-0.2, -0.15) is 0 Å². The Morgan fingerprint density at radius 3 is 2.63 bits per heavy atom. The lowest BCUT2D eigenvalue weighted by Crippen LogP contribution is -2.66. The van der Waals surface area contributed by atoms with Gasteiger partial charge in [-0.25, -0.2) is 0 Å². The Kier molecular flexibility index (Phi) is 3.87. The molecule has 0 bridgehead atoms. The topological polar surface area (TPSA) is 56.7 Å². The Balaban J connectivity index is 2.26. The zero-order valence-electron chi connectivity index (χ0n) is 11.7. The highest BCUT2D eigenvalue weighted by molar-refractivity contribution is 5.83. The Bertz CT molecular complexity index is 447. The van der Waals surface area contributed by atoms with Crippen LogP contribution in [0.4, 0.5) is 0 Å². The largest absolute Gasteiger partial charge is 0.394 e. The molecule has 1 saturated heterocycles. The third kappa shape index (κ3) is 2.77. The lowest BCUT2D eigenvalue weighted by molar-refractivity contribution is -0.151. The number of aromatic nitrogens is 1. The van der Waals surface area contributed by atoms with Crippen molar-refractivity contribution in [3.63, 3.8) is 0 Å². The first-order valence-electron chi connectivity index (χ1n) is 6.47. The number of hydrogen-bond donors (Lipinski definition) is 1. The summed E-state index contributed by atoms with van der Waals surface area (Å²) in [5, 5.41) is 9.56. The molecule has 104 valence electrons. The number of amides is 1. The van der Waals surface area contributed by atoms with Crippen LogP contribution in [0.15, 0.2) is 24.5 Å². The summed E-state index contributed by atoms with van der Waals surface area (Å²) in [6, 6.07) is 3.41. The Hall–Kier alpha value is -1.46. The first-order chi connectivity index (χ1) is 8.95. The van der Waals surface area contributed by atoms with Crippen LogP contribution in [0.2, 0.25) is 0 Å². The lowest BCUT2D eigenvalue weighted by Gasteiger charge is -2.49. The van der Waals surface area contributed by atoms with E-state index in [1.165, 1.54) is 0 Å². The van der Waals surface area contributed by atoms with Crippen LogP contribution in [0, 0.1) is 0 Å². The molecule has 0 aromatic carbocycles. The fourth-order valence-corrected chi connectivity index (χ4v) is 2.74. The molecular weight excluding hydrogens is 242 g/mol. The maximum Gasteiger partial charge on any atom is 0.242 e. The minimum Gasteiger partial charge on any atom is -0.394 e. The van der Waals surface area contributed by atoms with Gasteiger partial charge in [0.2, 0.25) is 5.91 Å². The van der Waals surface area contributed by atoms with Crippen molar-refractivity contribution in [2.45, 2.75) is 32.0 Å². The molecule has 0 aliphatic carbocycles. The molecule has 0 radical (unpaired) electrons. The Labute approximate surface area is 113 Å². The van der Waals surface area contributed by atoms with Crippen LogP contribution in [0.25, 0.3) is 0 Å². The third-order valence-electron chi connectivity index (χ3n) is 3.71. The Morgan fingerprint density at radius 1 is 1.42 bits per heavy atom. The van der Waals surface area contributed by atoms with E-state index in [0.29, 0.717) is 13.1 Å². The third-order valence-corrected chi connectivity index (χ3v) is 3.71. The molecule has 1 aromatic heterocycles. The van der Waals surface area contributed by atoms with Crippen molar-refractivity contribution < 1.29 is 9.90 Å². The maximum absolute atomic E-state index is 12.2. The number of pyridine rings is 1. The van der Waals surface area contributed by atoms with Gasteiger partial charge in [0, 0.05) is 38.1 Å². The fourth-order valence-electron chi connectivity index (χ4n) is 2.74. The summed E-state index contributed by atoms with van der Waals surface area (Å²) in [6.45, 7) is 5.34. The number of piperazine rings is 1. The molecule has 0 saturated carbocycles. The summed E-state index contributed by atoms with van der Waals surface area (Å²) in [5.41, 5.74) is 0.929. The van der Waals surface area contributed by atoms with E-state index in [2.05, 4.69) is 23.7 Å². The Morgan fingerprint density at radius 2 is 2.05 bits per heavy atom. The molecule has 1 aliphatic rings. The fraction of sp³-hybridized carbons (Fsp3) is 0.571. The standard InChI is InChI=1S/C14H21N3O2/c1-14(2)10-16(3)13(19)12(9-18)17(14)8-11-4-6-15-7-5-11/h4-7,12,18H,8-10H2,1-3H3. The van der Waals surface area contributed by atoms with Crippen LogP contribution in [-0.4, -0.2) is 57.6 Å². The van der Waals surface area contributed by atoms with Crippen LogP contribution in [0.1, 0.15) is 19.4 Å². The van der Waals surface area contributed by atoms with E-state index in [-0.39, 0.29) is 18.1 Å². The van der Waals surface area contributed by atoms with E-state index in [0.717, 1.165) is 5.56 Å². The van der Waals surface area contributed by atoms with Gasteiger partial charge in [-0.15, -0.1) is 0 Å². The second-order valence-corrected chi connectivity index (χ2v) is 5.69. The van der Waals surface area contributed by atoms with E-state index in [1.54, 1.807) is 24.3 Å². The van der Waals surface area contributed by atoms with Crippen molar-refractivity contribution in [1.29, 1.82) is 0 Å². The van der Waals surface area contributed by atoms with E-state index in [1.807, 2.05) is 12.1 Å². The highest BCUT2D eigenvalue weighted by Crippen LogP contribution is 2.27. The predicted molar refractivity (Wildman–Crippen MR) is 72.4 cm³/mol. The summed E-state index contributed by atoms with van der Waals surface area (Å²) in [7, 11) is 1.79. The van der Waals surface area contributed by atoms with Crippen molar-refractivity contribution in [2.24, 2.45) is 0 Å². The summed E-state index contributed by atoms with van der Waals surface area (Å²) >= 11 is 0. The second kappa shape index (κ2) is 5.27. The zero-order chi connectivity index (χ0) is 14.0. The first-order valence-corrected chi connectivity index (χ1v) is 6.47. The summed E-state index contributed by atoms with van der Waals surface area (Å²) < 4.78 is 0. The molecule has 1 aliphatic heterocycles. The van der Waals surface area contributed by atoms with Crippen LogP contribution in [0.3, 0.4) is 0 Å². The molecule has 5 nitrogen and oxygen atoms in total. The lowest BCUT2D eigenvalue weighted by atomic mass is 9.94. The molecule has 19 heavy (non-hydrogen) atoms. The van der Waals surface area contributed by atoms with Gasteiger partial charge in [-0.05, 0) is 31.5 Å². The quantitative estimate of drug-likeness (QED) is 0.862. The molecule has 1 amide bonds. The smallest absolute Gasteiger partial charge is 0.242 e. The number of nitrogens with zero attached hydrogens (tertiary/aromatic N) is 3. The van der Waals surface area contributed by atoms with Gasteiger partial charge < -0.3 is 10.0 Å². The number of likely N-dealkylation sites (N-methyl/N-ethyl adjacent to an activating group) is 1. The molecule has 1 atom stereocenters. The molecule has 1 unspecified atom stereocenters. The van der Waals surface area contributed by atoms with E-state index in [4.69, 9.17) is 0 Å². The number of hydrogen-bond acceptors (Lipinski definition) is 4. The molecular formula is C14H21N3O2. The van der Waals surface area contributed by atoms with E-state index in [9.17, 15) is 9.90 Å². The van der Waals surface area contributed by atoms with Crippen molar-refractivity contribution in [1.82, 2.24) is 14.8 Å². The monoisotopic (exact) mass is 263 g/mol. The van der Waals surface area contributed by atoms with Gasteiger partial charge in [0.1, 0.15) is 6.04 Å². The van der Waals surface area contributed by atoms with Gasteiger partial charge >= 0.3 is 0 Å². The highest BCUT2D eigenvalue weighted by Gasteiger charge is 2.43.